The minimum Gasteiger partial charge on any atom is -0.459 e. The molecule has 1 aliphatic rings. The van der Waals surface area contributed by atoms with Gasteiger partial charge in [0, 0.05) is 10.4 Å². The van der Waals surface area contributed by atoms with Crippen LogP contribution in [0.5, 0.6) is 0 Å². The maximum atomic E-state index is 13.9. The summed E-state index contributed by atoms with van der Waals surface area (Å²) in [5, 5.41) is 0.675. The first kappa shape index (κ1) is 21.6. The van der Waals surface area contributed by atoms with Gasteiger partial charge >= 0.3 is 5.97 Å². The highest BCUT2D eigenvalue weighted by Crippen LogP contribution is 2.35. The van der Waals surface area contributed by atoms with E-state index in [2.05, 4.69) is 0 Å². The first-order valence-electron chi connectivity index (χ1n) is 11.4. The maximum absolute atomic E-state index is 13.9. The molecule has 2 heterocycles. The highest BCUT2D eigenvalue weighted by atomic mass is 32.1. The molecule has 33 heavy (non-hydrogen) atoms. The molecule has 0 amide bonds. The van der Waals surface area contributed by atoms with Crippen molar-refractivity contribution in [3.05, 3.63) is 86.5 Å². The van der Waals surface area contributed by atoms with Crippen molar-refractivity contribution >= 4 is 27.5 Å². The topological polar surface area (TPSA) is 61.2 Å². The van der Waals surface area contributed by atoms with Crippen molar-refractivity contribution in [3.8, 4) is 11.4 Å². The van der Waals surface area contributed by atoms with Gasteiger partial charge in [-0.05, 0) is 56.7 Å². The predicted molar refractivity (Wildman–Crippen MR) is 132 cm³/mol. The molecule has 0 saturated carbocycles. The van der Waals surface area contributed by atoms with Gasteiger partial charge in [0.05, 0.1) is 5.39 Å². The number of aromatic nitrogens is 2. The molecule has 0 aliphatic heterocycles. The van der Waals surface area contributed by atoms with E-state index in [1.807, 2.05) is 61.5 Å². The van der Waals surface area contributed by atoms with Crippen molar-refractivity contribution in [2.24, 2.45) is 0 Å². The van der Waals surface area contributed by atoms with Gasteiger partial charge in [-0.1, -0.05) is 54.1 Å². The van der Waals surface area contributed by atoms with Crippen LogP contribution >= 0.6 is 11.3 Å². The summed E-state index contributed by atoms with van der Waals surface area (Å²) in [5.74, 6) is 0.0686. The van der Waals surface area contributed by atoms with E-state index in [4.69, 9.17) is 9.72 Å². The van der Waals surface area contributed by atoms with Crippen molar-refractivity contribution in [3.63, 3.8) is 0 Å². The second kappa shape index (κ2) is 8.94. The Kier molecular flexibility index (Phi) is 5.85. The van der Waals surface area contributed by atoms with Crippen LogP contribution in [0, 0.1) is 6.92 Å². The van der Waals surface area contributed by atoms with Gasteiger partial charge in [0.1, 0.15) is 23.3 Å². The number of thiophene rings is 1. The molecule has 5 nitrogen and oxygen atoms in total. The Morgan fingerprint density at radius 2 is 1.91 bits per heavy atom. The maximum Gasteiger partial charge on any atom is 0.329 e. The molecule has 0 N–H and O–H groups in total. The molecule has 1 aliphatic carbocycles. The normalized spacial score (nSPS) is 14.1. The number of benzene rings is 2. The van der Waals surface area contributed by atoms with Gasteiger partial charge in [0.15, 0.2) is 0 Å². The van der Waals surface area contributed by atoms with E-state index < -0.39 is 12.0 Å². The minimum absolute atomic E-state index is 0.153. The molecular formula is C27H26N2O3S. The largest absolute Gasteiger partial charge is 0.459 e. The molecule has 1 atom stereocenters. The van der Waals surface area contributed by atoms with E-state index in [0.29, 0.717) is 11.2 Å². The number of fused-ring (bicyclic) bond motifs is 3. The summed E-state index contributed by atoms with van der Waals surface area (Å²) in [7, 11) is 0. The fourth-order valence-electron chi connectivity index (χ4n) is 4.52. The zero-order valence-corrected chi connectivity index (χ0v) is 19.7. The van der Waals surface area contributed by atoms with Crippen LogP contribution < -0.4 is 5.56 Å². The van der Waals surface area contributed by atoms with Gasteiger partial charge in [0.2, 0.25) is 0 Å². The van der Waals surface area contributed by atoms with Gasteiger partial charge in [0.25, 0.3) is 5.56 Å². The molecule has 168 valence electrons. The Labute approximate surface area is 196 Å². The van der Waals surface area contributed by atoms with E-state index in [1.54, 1.807) is 18.3 Å². The number of hydrogen-bond donors (Lipinski definition) is 0. The van der Waals surface area contributed by atoms with Crippen LogP contribution in [0.1, 0.15) is 47.4 Å². The molecule has 0 saturated heterocycles. The highest BCUT2D eigenvalue weighted by molar-refractivity contribution is 7.18. The second-order valence-electron chi connectivity index (χ2n) is 8.64. The fraction of sp³-hybridized carbons (Fsp3) is 0.296. The Morgan fingerprint density at radius 3 is 2.70 bits per heavy atom. The van der Waals surface area contributed by atoms with E-state index in [9.17, 15) is 9.59 Å². The van der Waals surface area contributed by atoms with Gasteiger partial charge in [-0.25, -0.2) is 9.78 Å². The van der Waals surface area contributed by atoms with E-state index in [0.717, 1.165) is 52.8 Å². The summed E-state index contributed by atoms with van der Waals surface area (Å²) in [6.07, 6.45) is 4.10. The van der Waals surface area contributed by atoms with Crippen LogP contribution in [0.2, 0.25) is 0 Å². The third-order valence-corrected chi connectivity index (χ3v) is 7.44. The highest BCUT2D eigenvalue weighted by Gasteiger charge is 2.27. The molecule has 6 heteroatoms. The van der Waals surface area contributed by atoms with E-state index >= 15 is 0 Å². The van der Waals surface area contributed by atoms with E-state index in [1.165, 1.54) is 9.44 Å². The lowest BCUT2D eigenvalue weighted by molar-refractivity contribution is -0.148. The van der Waals surface area contributed by atoms with Gasteiger partial charge < -0.3 is 4.74 Å². The Morgan fingerprint density at radius 1 is 1.12 bits per heavy atom. The monoisotopic (exact) mass is 458 g/mol. The summed E-state index contributed by atoms with van der Waals surface area (Å²) in [6, 6.07) is 16.6. The van der Waals surface area contributed by atoms with Gasteiger partial charge in [-0.3, -0.25) is 9.36 Å². The summed E-state index contributed by atoms with van der Waals surface area (Å²) in [6.45, 7) is 3.90. The molecule has 5 rings (SSSR count). The number of esters is 1. The lowest BCUT2D eigenvalue weighted by atomic mass is 9.97. The molecule has 0 fully saturated rings. The molecule has 2 aromatic carbocycles. The Balaban J connectivity index is 1.62. The summed E-state index contributed by atoms with van der Waals surface area (Å²) in [4.78, 5) is 33.9. The number of ether oxygens (including phenoxy) is 1. The molecule has 0 bridgehead atoms. The Hall–Kier alpha value is -3.25. The number of nitrogens with zero attached hydrogens (tertiary/aromatic N) is 2. The molecule has 0 spiro atoms. The molecule has 2 aromatic heterocycles. The second-order valence-corrected chi connectivity index (χ2v) is 9.72. The molecule has 4 aromatic rings. The third-order valence-electron chi connectivity index (χ3n) is 6.25. The van der Waals surface area contributed by atoms with Gasteiger partial charge in [-0.15, -0.1) is 11.3 Å². The first-order valence-corrected chi connectivity index (χ1v) is 12.2. The first-order chi connectivity index (χ1) is 16.0. The van der Waals surface area contributed by atoms with Crippen LogP contribution in [-0.2, 0) is 29.0 Å². The number of rotatable bonds is 5. The number of carbonyl (C=O) groups excluding carboxylic acids is 1. The standard InChI is InChI=1S/C27H26N2O3S/c1-17-9-8-12-20(15-17)24-28-25-23(21-13-6-7-14-22(21)33-25)26(30)29(24)18(2)27(31)32-16-19-10-4-3-5-11-19/h3-5,8-12,15,18H,6-7,13-14,16H2,1-2H3. The van der Waals surface area contributed by atoms with Crippen LogP contribution in [0.4, 0.5) is 0 Å². The van der Waals surface area contributed by atoms with Gasteiger partial charge in [-0.2, -0.15) is 0 Å². The van der Waals surface area contributed by atoms with Crippen LogP contribution in [0.25, 0.3) is 21.6 Å². The minimum atomic E-state index is -0.798. The van der Waals surface area contributed by atoms with E-state index in [-0.39, 0.29) is 12.2 Å². The quantitative estimate of drug-likeness (QED) is 0.364. The van der Waals surface area contributed by atoms with Crippen molar-refractivity contribution in [2.45, 2.75) is 52.2 Å². The lowest BCUT2D eigenvalue weighted by Crippen LogP contribution is -2.31. The molecular weight excluding hydrogens is 432 g/mol. The van der Waals surface area contributed by atoms with Crippen LogP contribution in [-0.4, -0.2) is 15.5 Å². The lowest BCUT2D eigenvalue weighted by Gasteiger charge is -2.19. The van der Waals surface area contributed by atoms with Crippen molar-refractivity contribution < 1.29 is 9.53 Å². The zero-order valence-electron chi connectivity index (χ0n) is 18.8. The zero-order chi connectivity index (χ0) is 22.9. The molecule has 1 unspecified atom stereocenters. The summed E-state index contributed by atoms with van der Waals surface area (Å²) in [5.41, 5.74) is 3.76. The fourth-order valence-corrected chi connectivity index (χ4v) is 5.77. The average molecular weight is 459 g/mol. The third kappa shape index (κ3) is 4.11. The molecule has 0 radical (unpaired) electrons. The number of carbonyl (C=O) groups is 1. The number of aryl methyl sites for hydroxylation is 3. The smallest absolute Gasteiger partial charge is 0.329 e. The summed E-state index contributed by atoms with van der Waals surface area (Å²) >= 11 is 1.62. The SMILES string of the molecule is Cc1cccc(-c2nc3sc4c(c3c(=O)n2C(C)C(=O)OCc2ccccc2)CCCC4)c1. The Bertz CT molecular complexity index is 1390. The number of hydrogen-bond acceptors (Lipinski definition) is 5. The summed E-state index contributed by atoms with van der Waals surface area (Å²) < 4.78 is 7.13. The van der Waals surface area contributed by atoms with Crippen molar-refractivity contribution in [1.29, 1.82) is 0 Å². The van der Waals surface area contributed by atoms with Crippen LogP contribution in [0.15, 0.2) is 59.4 Å². The van der Waals surface area contributed by atoms with Crippen molar-refractivity contribution in [1.82, 2.24) is 9.55 Å². The predicted octanol–water partition coefficient (Wildman–Crippen LogP) is 5.62. The van der Waals surface area contributed by atoms with Crippen LogP contribution in [0.3, 0.4) is 0 Å². The average Bonchev–Trinajstić information content (AvgIpc) is 3.21. The van der Waals surface area contributed by atoms with Crippen molar-refractivity contribution in [2.75, 3.05) is 0 Å².